The third-order valence-corrected chi connectivity index (χ3v) is 7.76. The van der Waals surface area contributed by atoms with Gasteiger partial charge in [-0.25, -0.2) is 32.7 Å². The van der Waals surface area contributed by atoms with E-state index in [2.05, 4.69) is 19.7 Å². The van der Waals surface area contributed by atoms with Crippen LogP contribution < -0.4 is 9.46 Å². The second-order valence-corrected chi connectivity index (χ2v) is 10.2. The van der Waals surface area contributed by atoms with Crippen LogP contribution in [0.4, 0.5) is 10.1 Å². The highest BCUT2D eigenvalue weighted by Crippen LogP contribution is 2.36. The second-order valence-electron chi connectivity index (χ2n) is 7.57. The smallest absolute Gasteiger partial charge is 0.265 e. The van der Waals surface area contributed by atoms with E-state index in [1.807, 2.05) is 12.1 Å². The number of nitrogens with zero attached hydrogens (tertiary/aromatic N) is 4. The lowest BCUT2D eigenvalue weighted by Gasteiger charge is -2.14. The molecule has 176 valence electrons. The number of nitrogens with one attached hydrogen (secondary N) is 1. The zero-order valence-electron chi connectivity index (χ0n) is 18.6. The first-order chi connectivity index (χ1) is 16.9. The maximum absolute atomic E-state index is 13.8. The van der Waals surface area contributed by atoms with Gasteiger partial charge in [0, 0.05) is 35.3 Å². The Labute approximate surface area is 204 Å². The van der Waals surface area contributed by atoms with Gasteiger partial charge in [0.1, 0.15) is 38.1 Å². The Morgan fingerprint density at radius 2 is 1.83 bits per heavy atom. The van der Waals surface area contributed by atoms with Crippen LogP contribution in [0.1, 0.15) is 5.56 Å². The minimum Gasteiger partial charge on any atom is -0.495 e. The molecule has 5 aromatic rings. The van der Waals surface area contributed by atoms with Crippen LogP contribution in [0, 0.1) is 12.7 Å². The molecule has 0 fully saturated rings. The first-order valence-electron chi connectivity index (χ1n) is 10.3. The lowest BCUT2D eigenvalue weighted by Crippen LogP contribution is -2.15. The molecule has 8 nitrogen and oxygen atoms in total. The van der Waals surface area contributed by atoms with Gasteiger partial charge in [-0.1, -0.05) is 23.5 Å². The number of sulfonamides is 1. The maximum atomic E-state index is 13.8. The Balaban J connectivity index is 1.51. The quantitative estimate of drug-likeness (QED) is 0.342. The van der Waals surface area contributed by atoms with E-state index in [-0.39, 0.29) is 10.6 Å². The number of pyridine rings is 1. The number of rotatable bonds is 6. The number of anilines is 1. The van der Waals surface area contributed by atoms with Crippen molar-refractivity contribution in [2.75, 3.05) is 11.8 Å². The Bertz CT molecular complexity index is 1660. The predicted molar refractivity (Wildman–Crippen MR) is 132 cm³/mol. The summed E-state index contributed by atoms with van der Waals surface area (Å²) in [5.41, 5.74) is 4.16. The van der Waals surface area contributed by atoms with Crippen LogP contribution in [0.15, 0.2) is 72.3 Å². The van der Waals surface area contributed by atoms with Gasteiger partial charge < -0.3 is 4.74 Å². The molecule has 0 aliphatic carbocycles. The fourth-order valence-corrected chi connectivity index (χ4v) is 5.86. The van der Waals surface area contributed by atoms with E-state index in [0.29, 0.717) is 21.8 Å². The van der Waals surface area contributed by atoms with Crippen LogP contribution in [0.3, 0.4) is 0 Å². The minimum absolute atomic E-state index is 0.0459. The molecule has 0 saturated carbocycles. The molecule has 0 atom stereocenters. The van der Waals surface area contributed by atoms with Crippen molar-refractivity contribution in [2.45, 2.75) is 11.8 Å². The first-order valence-corrected chi connectivity index (χ1v) is 12.6. The molecule has 0 saturated heterocycles. The van der Waals surface area contributed by atoms with Crippen molar-refractivity contribution in [2.24, 2.45) is 0 Å². The summed E-state index contributed by atoms with van der Waals surface area (Å²) in [5, 5.41) is 0.691. The van der Waals surface area contributed by atoms with Gasteiger partial charge in [-0.15, -0.1) is 0 Å². The van der Waals surface area contributed by atoms with Gasteiger partial charge in [0.05, 0.1) is 12.8 Å². The van der Waals surface area contributed by atoms with Gasteiger partial charge in [-0.3, -0.25) is 4.72 Å². The molecule has 35 heavy (non-hydrogen) atoms. The average Bonchev–Trinajstić information content (AvgIpc) is 3.29. The molecule has 0 aliphatic heterocycles. The van der Waals surface area contributed by atoms with E-state index in [0.717, 1.165) is 33.7 Å². The third kappa shape index (κ3) is 4.43. The molecule has 3 aromatic heterocycles. The van der Waals surface area contributed by atoms with Gasteiger partial charge in [-0.05, 0) is 42.8 Å². The average molecular weight is 508 g/mol. The van der Waals surface area contributed by atoms with E-state index in [4.69, 9.17) is 9.72 Å². The highest BCUT2D eigenvalue weighted by Gasteiger charge is 2.22. The summed E-state index contributed by atoms with van der Waals surface area (Å²) in [6.45, 7) is 1.79. The monoisotopic (exact) mass is 507 g/mol. The molecular formula is C24H18FN5O3S2. The molecule has 3 heterocycles. The lowest BCUT2D eigenvalue weighted by atomic mass is 10.1. The van der Waals surface area contributed by atoms with E-state index in [1.54, 1.807) is 37.6 Å². The number of hydrogen-bond acceptors (Lipinski definition) is 8. The SMILES string of the molecule is COc1ccc(F)cc1S(=O)(=O)Nc1cccc(-c2nc3cc(-c4cncnc4)cnc3s2)c1C. The molecule has 5 rings (SSSR count). The Morgan fingerprint density at radius 1 is 1.03 bits per heavy atom. The van der Waals surface area contributed by atoms with E-state index < -0.39 is 15.8 Å². The fourth-order valence-electron chi connectivity index (χ4n) is 3.58. The Morgan fingerprint density at radius 3 is 2.60 bits per heavy atom. The Hall–Kier alpha value is -3.96. The first kappa shape index (κ1) is 22.8. The molecule has 1 N–H and O–H groups in total. The van der Waals surface area contributed by atoms with Gasteiger partial charge in [0.2, 0.25) is 0 Å². The molecule has 0 amide bonds. The number of methoxy groups -OCH3 is 1. The van der Waals surface area contributed by atoms with Crippen molar-refractivity contribution in [1.82, 2.24) is 19.9 Å². The van der Waals surface area contributed by atoms with Crippen LogP contribution in [0.2, 0.25) is 0 Å². The van der Waals surface area contributed by atoms with Crippen molar-refractivity contribution in [3.8, 4) is 27.4 Å². The molecule has 2 aromatic carbocycles. The predicted octanol–water partition coefficient (Wildman–Crippen LogP) is 5.07. The number of ether oxygens (including phenoxy) is 1. The molecule has 0 radical (unpaired) electrons. The van der Waals surface area contributed by atoms with E-state index in [9.17, 15) is 12.8 Å². The van der Waals surface area contributed by atoms with Crippen LogP contribution in [0.5, 0.6) is 5.75 Å². The number of halogens is 1. The summed E-state index contributed by atoms with van der Waals surface area (Å²) in [5.74, 6) is -0.635. The highest BCUT2D eigenvalue weighted by molar-refractivity contribution is 7.92. The van der Waals surface area contributed by atoms with E-state index in [1.165, 1.54) is 30.8 Å². The zero-order valence-corrected chi connectivity index (χ0v) is 20.2. The molecular weight excluding hydrogens is 489 g/mol. The summed E-state index contributed by atoms with van der Waals surface area (Å²) in [6.07, 6.45) is 6.62. The fraction of sp³-hybridized carbons (Fsp3) is 0.0833. The van der Waals surface area contributed by atoms with Crippen molar-refractivity contribution in [1.29, 1.82) is 0 Å². The number of fused-ring (bicyclic) bond motifs is 1. The molecule has 0 aliphatic rings. The zero-order chi connectivity index (χ0) is 24.6. The van der Waals surface area contributed by atoms with Gasteiger partial charge in [-0.2, -0.15) is 0 Å². The van der Waals surface area contributed by atoms with Crippen LogP contribution >= 0.6 is 11.3 Å². The summed E-state index contributed by atoms with van der Waals surface area (Å²) >= 11 is 1.40. The number of thiazole rings is 1. The van der Waals surface area contributed by atoms with Gasteiger partial charge >= 0.3 is 0 Å². The summed E-state index contributed by atoms with van der Waals surface area (Å²) < 4.78 is 47.6. The topological polar surface area (TPSA) is 107 Å². The van der Waals surface area contributed by atoms with Gasteiger partial charge in [0.15, 0.2) is 0 Å². The highest BCUT2D eigenvalue weighted by atomic mass is 32.2. The lowest BCUT2D eigenvalue weighted by molar-refractivity contribution is 0.401. The standard InChI is InChI=1S/C24H18FN5O3S2/c1-14-18(23-29-20-8-15(12-28-24(20)34-23)16-10-26-13-27-11-16)4-3-5-19(14)30-35(31,32)22-9-17(25)6-7-21(22)33-2/h3-13,30H,1-2H3. The molecule has 0 spiro atoms. The van der Waals surface area contributed by atoms with Gasteiger partial charge in [0.25, 0.3) is 10.0 Å². The van der Waals surface area contributed by atoms with Crippen LogP contribution in [-0.2, 0) is 10.0 Å². The number of aromatic nitrogens is 4. The largest absolute Gasteiger partial charge is 0.495 e. The molecule has 0 bridgehead atoms. The second kappa shape index (κ2) is 9.01. The normalized spacial score (nSPS) is 11.5. The van der Waals surface area contributed by atoms with Crippen molar-refractivity contribution in [3.63, 3.8) is 0 Å². The van der Waals surface area contributed by atoms with Crippen molar-refractivity contribution < 1.29 is 17.5 Å². The number of hydrogen-bond donors (Lipinski definition) is 1. The third-order valence-electron chi connectivity index (χ3n) is 5.37. The molecule has 11 heteroatoms. The summed E-state index contributed by atoms with van der Waals surface area (Å²) in [6, 6.07) is 10.5. The molecule has 0 unspecified atom stereocenters. The number of benzene rings is 2. The van der Waals surface area contributed by atoms with Crippen LogP contribution in [-0.4, -0.2) is 35.5 Å². The van der Waals surface area contributed by atoms with Crippen LogP contribution in [0.25, 0.3) is 32.0 Å². The van der Waals surface area contributed by atoms with Crippen molar-refractivity contribution in [3.05, 3.63) is 78.8 Å². The maximum Gasteiger partial charge on any atom is 0.265 e. The summed E-state index contributed by atoms with van der Waals surface area (Å²) in [7, 11) is -2.79. The Kier molecular flexibility index (Phi) is 5.87. The minimum atomic E-state index is -4.12. The van der Waals surface area contributed by atoms with Crippen molar-refractivity contribution >= 4 is 37.4 Å². The van der Waals surface area contributed by atoms with E-state index >= 15 is 0 Å². The summed E-state index contributed by atoms with van der Waals surface area (Å²) in [4.78, 5) is 17.8.